The number of aromatic nitrogens is 5. The van der Waals surface area contributed by atoms with Crippen molar-refractivity contribution in [3.63, 3.8) is 0 Å². The molecule has 2 heterocycles. The summed E-state index contributed by atoms with van der Waals surface area (Å²) in [7, 11) is 0. The number of thiazole rings is 1. The van der Waals surface area contributed by atoms with Crippen molar-refractivity contribution in [3.05, 3.63) is 16.9 Å². The fraction of sp³-hybridized carbons (Fsp3) is 0.333. The molecule has 6 heteroatoms. The third kappa shape index (κ3) is 1.10. The van der Waals surface area contributed by atoms with Gasteiger partial charge < -0.3 is 0 Å². The van der Waals surface area contributed by atoms with Crippen molar-refractivity contribution in [2.45, 2.75) is 13.8 Å². The number of rotatable bonds is 1. The Morgan fingerprint density at radius 3 is 2.83 bits per heavy atom. The molecule has 0 spiro atoms. The summed E-state index contributed by atoms with van der Waals surface area (Å²) in [6.45, 7) is 4.01. The van der Waals surface area contributed by atoms with E-state index in [2.05, 4.69) is 20.4 Å². The summed E-state index contributed by atoms with van der Waals surface area (Å²) in [4.78, 5) is 7.05. The van der Waals surface area contributed by atoms with E-state index in [1.807, 2.05) is 13.8 Å². The molecule has 2 aromatic heterocycles. The lowest BCUT2D eigenvalue weighted by molar-refractivity contribution is -0.716. The highest BCUT2D eigenvalue weighted by Crippen LogP contribution is 2.14. The Morgan fingerprint density at radius 2 is 2.33 bits per heavy atom. The van der Waals surface area contributed by atoms with Gasteiger partial charge in [0.1, 0.15) is 5.69 Å². The summed E-state index contributed by atoms with van der Waals surface area (Å²) in [6.07, 6.45) is 1.45. The Balaban J connectivity index is 2.48. The lowest BCUT2D eigenvalue weighted by Gasteiger charge is -1.78. The first-order valence-corrected chi connectivity index (χ1v) is 4.31. The van der Waals surface area contributed by atoms with Gasteiger partial charge in [0, 0.05) is 4.88 Å². The molecule has 0 saturated heterocycles. The number of tetrazole rings is 1. The Kier molecular flexibility index (Phi) is 1.61. The highest BCUT2D eigenvalue weighted by atomic mass is 32.1. The van der Waals surface area contributed by atoms with Crippen LogP contribution in [0, 0.1) is 13.8 Å². The number of aryl methyl sites for hydroxylation is 2. The minimum atomic E-state index is 0.822. The molecule has 0 fully saturated rings. The zero-order valence-corrected chi connectivity index (χ0v) is 7.59. The molecule has 0 aromatic carbocycles. The maximum absolute atomic E-state index is 4.30. The van der Waals surface area contributed by atoms with E-state index in [0.717, 1.165) is 10.8 Å². The van der Waals surface area contributed by atoms with E-state index in [-0.39, 0.29) is 0 Å². The molecule has 0 aliphatic rings. The molecule has 5 nitrogen and oxygen atoms in total. The van der Waals surface area contributed by atoms with Gasteiger partial charge in [-0.3, -0.25) is 0 Å². The molecule has 0 radical (unpaired) electrons. The summed E-state index contributed by atoms with van der Waals surface area (Å²) in [6, 6.07) is 0. The molecular formula is C6H8N5S+. The van der Waals surface area contributed by atoms with E-state index in [1.54, 1.807) is 16.1 Å². The van der Waals surface area contributed by atoms with Gasteiger partial charge in [0.25, 0.3) is 6.33 Å². The van der Waals surface area contributed by atoms with Crippen LogP contribution in [0.4, 0.5) is 0 Å². The minimum absolute atomic E-state index is 0.822. The van der Waals surface area contributed by atoms with Crippen molar-refractivity contribution in [2.24, 2.45) is 0 Å². The molecule has 0 bridgehead atoms. The van der Waals surface area contributed by atoms with Gasteiger partial charge in [-0.05, 0) is 23.7 Å². The maximum atomic E-state index is 4.30. The van der Waals surface area contributed by atoms with E-state index in [9.17, 15) is 0 Å². The molecule has 0 atom stereocenters. The number of aromatic amines is 1. The highest BCUT2D eigenvalue weighted by Gasteiger charge is 2.13. The predicted octanol–water partition coefficient (Wildman–Crippen LogP) is 0.155. The first kappa shape index (κ1) is 7.35. The normalized spacial score (nSPS) is 10.5. The van der Waals surface area contributed by atoms with Crippen molar-refractivity contribution in [1.29, 1.82) is 0 Å². The fourth-order valence-electron chi connectivity index (χ4n) is 0.822. The molecule has 2 rings (SSSR count). The summed E-state index contributed by atoms with van der Waals surface area (Å²) in [5.41, 5.74) is 1.04. The quantitative estimate of drug-likeness (QED) is 0.639. The average molecular weight is 182 g/mol. The molecule has 0 amide bonds. The lowest BCUT2D eigenvalue weighted by Crippen LogP contribution is -2.35. The lowest BCUT2D eigenvalue weighted by atomic mass is 10.4. The first-order chi connectivity index (χ1) is 5.77. The van der Waals surface area contributed by atoms with E-state index < -0.39 is 0 Å². The zero-order valence-electron chi connectivity index (χ0n) is 6.77. The Bertz CT molecular complexity index is 357. The van der Waals surface area contributed by atoms with Gasteiger partial charge in [-0.2, -0.15) is 0 Å². The number of hydrogen-bond acceptors (Lipinski definition) is 4. The summed E-state index contributed by atoms with van der Waals surface area (Å²) in [5, 5.41) is 11.2. The van der Waals surface area contributed by atoms with Crippen LogP contribution >= 0.6 is 11.3 Å². The first-order valence-electron chi connectivity index (χ1n) is 3.49. The topological polar surface area (TPSA) is 58.3 Å². The highest BCUT2D eigenvalue weighted by molar-refractivity contribution is 7.13. The van der Waals surface area contributed by atoms with Crippen molar-refractivity contribution in [3.8, 4) is 5.13 Å². The van der Waals surface area contributed by atoms with Crippen LogP contribution in [0.2, 0.25) is 0 Å². The standard InChI is InChI=1S/C6H7N5S/c1-4-5(2)12-6(9-4)11-8-3-7-10-11/h3H,1-2H3/p+1. The smallest absolute Gasteiger partial charge is 0.0939 e. The number of nitrogens with one attached hydrogen (secondary N) is 1. The van der Waals surface area contributed by atoms with Gasteiger partial charge in [0.05, 0.1) is 0 Å². The second-order valence-corrected chi connectivity index (χ2v) is 3.59. The second-order valence-electron chi connectivity index (χ2n) is 2.41. The summed E-state index contributed by atoms with van der Waals surface area (Å²) >= 11 is 1.59. The molecule has 1 N–H and O–H groups in total. The Hall–Kier alpha value is -1.30. The average Bonchev–Trinajstić information content (AvgIpc) is 2.61. The predicted molar refractivity (Wildman–Crippen MR) is 43.1 cm³/mol. The number of nitrogens with zero attached hydrogens (tertiary/aromatic N) is 4. The van der Waals surface area contributed by atoms with Gasteiger partial charge in [-0.25, -0.2) is 0 Å². The third-order valence-corrected chi connectivity index (χ3v) is 2.62. The van der Waals surface area contributed by atoms with E-state index in [4.69, 9.17) is 0 Å². The Morgan fingerprint density at radius 1 is 1.50 bits per heavy atom. The number of H-pyrrole nitrogens is 1. The molecular weight excluding hydrogens is 174 g/mol. The third-order valence-electron chi connectivity index (χ3n) is 1.58. The summed E-state index contributed by atoms with van der Waals surface area (Å²) in [5.74, 6) is 0. The molecule has 0 aliphatic heterocycles. The van der Waals surface area contributed by atoms with Crippen LogP contribution in [0.25, 0.3) is 5.13 Å². The molecule has 0 unspecified atom stereocenters. The molecule has 62 valence electrons. The van der Waals surface area contributed by atoms with Crippen LogP contribution in [0.1, 0.15) is 10.6 Å². The SMILES string of the molecule is Cc1nc(-[n+]2ncn[nH]2)sc1C. The Labute approximate surface area is 73.1 Å². The largest absolute Gasteiger partial charge is 0.364 e. The molecule has 12 heavy (non-hydrogen) atoms. The van der Waals surface area contributed by atoms with Gasteiger partial charge in [0.2, 0.25) is 0 Å². The van der Waals surface area contributed by atoms with E-state index >= 15 is 0 Å². The van der Waals surface area contributed by atoms with Gasteiger partial charge >= 0.3 is 5.13 Å². The van der Waals surface area contributed by atoms with Crippen LogP contribution in [0.3, 0.4) is 0 Å². The molecule has 2 aromatic rings. The van der Waals surface area contributed by atoms with Crippen LogP contribution in [-0.4, -0.2) is 20.4 Å². The van der Waals surface area contributed by atoms with Crippen molar-refractivity contribution >= 4 is 11.3 Å². The van der Waals surface area contributed by atoms with E-state index in [0.29, 0.717) is 0 Å². The molecule has 0 aliphatic carbocycles. The van der Waals surface area contributed by atoms with Crippen LogP contribution in [0.5, 0.6) is 0 Å². The van der Waals surface area contributed by atoms with Gasteiger partial charge in [0.15, 0.2) is 0 Å². The molecule has 0 saturated carbocycles. The van der Waals surface area contributed by atoms with Gasteiger partial charge in [-0.1, -0.05) is 26.6 Å². The zero-order chi connectivity index (χ0) is 8.55. The summed E-state index contributed by atoms with van der Waals surface area (Å²) < 4.78 is 0. The van der Waals surface area contributed by atoms with Gasteiger partial charge in [-0.15, -0.1) is 0 Å². The fourth-order valence-corrected chi connectivity index (χ4v) is 1.65. The van der Waals surface area contributed by atoms with Crippen LogP contribution in [-0.2, 0) is 0 Å². The minimum Gasteiger partial charge on any atom is -0.0939 e. The van der Waals surface area contributed by atoms with Crippen LogP contribution in [0.15, 0.2) is 6.33 Å². The van der Waals surface area contributed by atoms with Crippen molar-refractivity contribution in [2.75, 3.05) is 0 Å². The van der Waals surface area contributed by atoms with E-state index in [1.165, 1.54) is 11.2 Å². The van der Waals surface area contributed by atoms with Crippen molar-refractivity contribution < 1.29 is 4.80 Å². The second kappa shape index (κ2) is 2.63. The monoisotopic (exact) mass is 182 g/mol. The van der Waals surface area contributed by atoms with Crippen LogP contribution < -0.4 is 4.80 Å². The van der Waals surface area contributed by atoms with Crippen molar-refractivity contribution in [1.82, 2.24) is 20.4 Å². The maximum Gasteiger partial charge on any atom is 0.364 e. The number of hydrogen-bond donors (Lipinski definition) is 1.